The van der Waals surface area contributed by atoms with Crippen molar-refractivity contribution in [1.29, 1.82) is 5.26 Å². The molecule has 1 amide bonds. The van der Waals surface area contributed by atoms with E-state index in [0.29, 0.717) is 23.9 Å². The minimum Gasteiger partial charge on any atom is -0.495 e. The lowest BCUT2D eigenvalue weighted by Crippen LogP contribution is -2.29. The van der Waals surface area contributed by atoms with Gasteiger partial charge in [0.2, 0.25) is 5.91 Å². The summed E-state index contributed by atoms with van der Waals surface area (Å²) in [6, 6.07) is 9.55. The van der Waals surface area contributed by atoms with Crippen molar-refractivity contribution in [3.8, 4) is 17.5 Å². The van der Waals surface area contributed by atoms with Crippen molar-refractivity contribution in [3.05, 3.63) is 30.6 Å². The Morgan fingerprint density at radius 2 is 2.26 bits per heavy atom. The van der Waals surface area contributed by atoms with Crippen molar-refractivity contribution < 1.29 is 9.53 Å². The first-order chi connectivity index (χ1) is 11.2. The van der Waals surface area contributed by atoms with E-state index in [2.05, 4.69) is 10.2 Å². The number of nitrogens with zero attached hydrogens (tertiary/aromatic N) is 5. The van der Waals surface area contributed by atoms with Gasteiger partial charge in [0, 0.05) is 13.6 Å². The number of methoxy groups -OCH3 is 1. The molecule has 0 saturated heterocycles. The second kappa shape index (κ2) is 8.19. The molecule has 1 aromatic heterocycles. The van der Waals surface area contributed by atoms with E-state index in [1.54, 1.807) is 30.0 Å². The maximum absolute atomic E-state index is 12.0. The number of thioether (sulfide) groups is 1. The van der Waals surface area contributed by atoms with E-state index in [1.165, 1.54) is 11.8 Å². The smallest absolute Gasteiger partial charge is 0.232 e. The molecule has 7 nitrogen and oxygen atoms in total. The van der Waals surface area contributed by atoms with Gasteiger partial charge in [-0.15, -0.1) is 10.2 Å². The Labute approximate surface area is 138 Å². The minimum atomic E-state index is -0.0557. The number of benzene rings is 1. The van der Waals surface area contributed by atoms with Crippen LogP contribution in [-0.4, -0.2) is 52.0 Å². The first kappa shape index (κ1) is 16.8. The first-order valence-electron chi connectivity index (χ1n) is 6.94. The van der Waals surface area contributed by atoms with E-state index >= 15 is 0 Å². The number of para-hydroxylation sites is 2. The van der Waals surface area contributed by atoms with Crippen LogP contribution in [0.2, 0.25) is 0 Å². The van der Waals surface area contributed by atoms with Crippen LogP contribution in [0.1, 0.15) is 6.42 Å². The molecule has 0 spiro atoms. The van der Waals surface area contributed by atoms with Gasteiger partial charge in [0.05, 0.1) is 31.0 Å². The lowest BCUT2D eigenvalue weighted by molar-refractivity contribution is -0.127. The van der Waals surface area contributed by atoms with Gasteiger partial charge in [-0.05, 0) is 12.1 Å². The van der Waals surface area contributed by atoms with Crippen molar-refractivity contribution in [2.75, 3.05) is 26.5 Å². The third-order valence-electron chi connectivity index (χ3n) is 3.17. The second-order valence-electron chi connectivity index (χ2n) is 4.67. The zero-order chi connectivity index (χ0) is 16.7. The first-order valence-corrected chi connectivity index (χ1v) is 7.93. The Hall–Kier alpha value is -2.53. The normalized spacial score (nSPS) is 10.1. The summed E-state index contributed by atoms with van der Waals surface area (Å²) >= 11 is 1.30. The standard InChI is InChI=1S/C15H17N5O2S/c1-19(9-5-8-16)14(21)10-23-15-18-17-11-20(15)12-6-3-4-7-13(12)22-2/h3-4,6-7,11H,5,9-10H2,1-2H3. The van der Waals surface area contributed by atoms with Gasteiger partial charge < -0.3 is 9.64 Å². The molecule has 0 aliphatic heterocycles. The van der Waals surface area contributed by atoms with Crippen LogP contribution in [0.4, 0.5) is 0 Å². The minimum absolute atomic E-state index is 0.0557. The molecule has 0 aliphatic carbocycles. The van der Waals surface area contributed by atoms with E-state index < -0.39 is 0 Å². The van der Waals surface area contributed by atoms with E-state index in [9.17, 15) is 4.79 Å². The van der Waals surface area contributed by atoms with Gasteiger partial charge in [0.15, 0.2) is 5.16 Å². The Kier molecular flexibility index (Phi) is 6.00. The molecule has 0 N–H and O–H groups in total. The monoisotopic (exact) mass is 331 g/mol. The molecule has 0 atom stereocenters. The second-order valence-corrected chi connectivity index (χ2v) is 5.61. The Morgan fingerprint density at radius 1 is 1.48 bits per heavy atom. The highest BCUT2D eigenvalue weighted by Gasteiger charge is 2.14. The van der Waals surface area contributed by atoms with Crippen LogP contribution in [0.25, 0.3) is 5.69 Å². The SMILES string of the molecule is COc1ccccc1-n1cnnc1SCC(=O)N(C)CCC#N. The quantitative estimate of drug-likeness (QED) is 0.719. The number of ether oxygens (including phenoxy) is 1. The molecule has 0 radical (unpaired) electrons. The summed E-state index contributed by atoms with van der Waals surface area (Å²) in [6.07, 6.45) is 1.91. The Balaban J connectivity index is 2.07. The van der Waals surface area contributed by atoms with Gasteiger partial charge in [0.1, 0.15) is 12.1 Å². The molecule has 0 unspecified atom stereocenters. The third-order valence-corrected chi connectivity index (χ3v) is 4.10. The van der Waals surface area contributed by atoms with Crippen LogP contribution >= 0.6 is 11.8 Å². The van der Waals surface area contributed by atoms with Crippen LogP contribution in [0.5, 0.6) is 5.75 Å². The summed E-state index contributed by atoms with van der Waals surface area (Å²) in [5.74, 6) is 0.877. The van der Waals surface area contributed by atoms with E-state index in [0.717, 1.165) is 5.69 Å². The lowest BCUT2D eigenvalue weighted by atomic mass is 10.3. The summed E-state index contributed by atoms with van der Waals surface area (Å²) in [6.45, 7) is 0.426. The van der Waals surface area contributed by atoms with Crippen molar-refractivity contribution in [1.82, 2.24) is 19.7 Å². The highest BCUT2D eigenvalue weighted by Crippen LogP contribution is 2.26. The Bertz CT molecular complexity index is 710. The highest BCUT2D eigenvalue weighted by atomic mass is 32.2. The number of amides is 1. The maximum atomic E-state index is 12.0. The molecule has 0 saturated carbocycles. The average Bonchev–Trinajstić information content (AvgIpc) is 3.05. The fourth-order valence-corrected chi connectivity index (χ4v) is 2.76. The van der Waals surface area contributed by atoms with Crippen LogP contribution in [0.3, 0.4) is 0 Å². The summed E-state index contributed by atoms with van der Waals surface area (Å²) in [5.41, 5.74) is 0.813. The highest BCUT2D eigenvalue weighted by molar-refractivity contribution is 7.99. The number of nitriles is 1. The van der Waals surface area contributed by atoms with Crippen LogP contribution in [0, 0.1) is 11.3 Å². The molecule has 2 rings (SSSR count). The fraction of sp³-hybridized carbons (Fsp3) is 0.333. The molecule has 1 heterocycles. The lowest BCUT2D eigenvalue weighted by Gasteiger charge is -2.15. The van der Waals surface area contributed by atoms with Gasteiger partial charge >= 0.3 is 0 Å². The van der Waals surface area contributed by atoms with Crippen LogP contribution in [0.15, 0.2) is 35.7 Å². The van der Waals surface area contributed by atoms with Crippen molar-refractivity contribution in [3.63, 3.8) is 0 Å². The number of aromatic nitrogens is 3. The van der Waals surface area contributed by atoms with Crippen LogP contribution in [-0.2, 0) is 4.79 Å². The molecule has 2 aromatic rings. The number of carbonyl (C=O) groups excluding carboxylic acids is 1. The number of rotatable bonds is 7. The average molecular weight is 331 g/mol. The fourth-order valence-electron chi connectivity index (χ4n) is 1.90. The maximum Gasteiger partial charge on any atom is 0.232 e. The van der Waals surface area contributed by atoms with E-state index in [1.807, 2.05) is 30.3 Å². The molecule has 0 fully saturated rings. The van der Waals surface area contributed by atoms with Crippen molar-refractivity contribution in [2.45, 2.75) is 11.6 Å². The predicted molar refractivity (Wildman–Crippen MR) is 86.5 cm³/mol. The van der Waals surface area contributed by atoms with Crippen molar-refractivity contribution >= 4 is 17.7 Å². The van der Waals surface area contributed by atoms with Crippen molar-refractivity contribution in [2.24, 2.45) is 0 Å². The number of carbonyl (C=O) groups is 1. The third kappa shape index (κ3) is 4.23. The zero-order valence-electron chi connectivity index (χ0n) is 13.0. The van der Waals surface area contributed by atoms with Gasteiger partial charge in [-0.2, -0.15) is 5.26 Å². The number of hydrogen-bond acceptors (Lipinski definition) is 6. The van der Waals surface area contributed by atoms with Gasteiger partial charge in [-0.3, -0.25) is 9.36 Å². The molecular formula is C15H17N5O2S. The predicted octanol–water partition coefficient (Wildman–Crippen LogP) is 1.74. The Morgan fingerprint density at radius 3 is 3.00 bits per heavy atom. The molecular weight excluding hydrogens is 314 g/mol. The zero-order valence-corrected chi connectivity index (χ0v) is 13.8. The largest absolute Gasteiger partial charge is 0.495 e. The molecule has 1 aromatic carbocycles. The van der Waals surface area contributed by atoms with Gasteiger partial charge in [-0.25, -0.2) is 0 Å². The van der Waals surface area contributed by atoms with Crippen LogP contribution < -0.4 is 4.74 Å². The topological polar surface area (TPSA) is 84.0 Å². The molecule has 0 bridgehead atoms. The number of hydrogen-bond donors (Lipinski definition) is 0. The van der Waals surface area contributed by atoms with Gasteiger partial charge in [-0.1, -0.05) is 23.9 Å². The summed E-state index contributed by atoms with van der Waals surface area (Å²) in [5, 5.41) is 17.1. The molecule has 23 heavy (non-hydrogen) atoms. The summed E-state index contributed by atoms with van der Waals surface area (Å²) in [7, 11) is 3.29. The van der Waals surface area contributed by atoms with E-state index in [-0.39, 0.29) is 11.7 Å². The van der Waals surface area contributed by atoms with E-state index in [4.69, 9.17) is 10.00 Å². The molecule has 8 heteroatoms. The summed E-state index contributed by atoms with van der Waals surface area (Å²) in [4.78, 5) is 13.6. The molecule has 120 valence electrons. The summed E-state index contributed by atoms with van der Waals surface area (Å²) < 4.78 is 7.12. The molecule has 0 aliphatic rings. The van der Waals surface area contributed by atoms with Gasteiger partial charge in [0.25, 0.3) is 0 Å².